The van der Waals surface area contributed by atoms with E-state index in [-0.39, 0.29) is 5.54 Å². The van der Waals surface area contributed by atoms with Crippen LogP contribution in [0.3, 0.4) is 0 Å². The van der Waals surface area contributed by atoms with Crippen LogP contribution < -0.4 is 4.99 Å². The highest BCUT2D eigenvalue weighted by Gasteiger charge is 2.48. The maximum absolute atomic E-state index is 9.75. The standard InChI is InChI=1S/C14H25NO.BF4/c1-5-6-13-15-14(3,4)11-8-7-10(2)9-12(11)16-13;2-1(3,4)5/h10-12H,5-9H2,1-4H3;/q;-1/p+1/t10-,11-,12-;/m1./s1. The molecule has 0 aromatic carbocycles. The van der Waals surface area contributed by atoms with Crippen molar-refractivity contribution in [2.24, 2.45) is 11.8 Å². The third kappa shape index (κ3) is 6.26. The molecule has 21 heavy (non-hydrogen) atoms. The van der Waals surface area contributed by atoms with Crippen LogP contribution in [0.15, 0.2) is 0 Å². The first kappa shape index (κ1) is 18.3. The van der Waals surface area contributed by atoms with Crippen molar-refractivity contribution in [1.82, 2.24) is 0 Å². The average molecular weight is 311 g/mol. The lowest BCUT2D eigenvalue weighted by atomic mass is 9.71. The molecule has 2 aliphatic rings. The molecule has 2 nitrogen and oxygen atoms in total. The van der Waals surface area contributed by atoms with E-state index in [0.29, 0.717) is 12.0 Å². The second-order valence-electron chi connectivity index (χ2n) is 6.70. The first-order valence-electron chi connectivity index (χ1n) is 7.71. The molecule has 1 fully saturated rings. The summed E-state index contributed by atoms with van der Waals surface area (Å²) in [4.78, 5) is 3.60. The summed E-state index contributed by atoms with van der Waals surface area (Å²) >= 11 is 0. The number of nitrogens with one attached hydrogen (secondary N) is 1. The molecular weight excluding hydrogens is 285 g/mol. The fourth-order valence-electron chi connectivity index (χ4n) is 3.30. The quantitative estimate of drug-likeness (QED) is 0.614. The average Bonchev–Trinajstić information content (AvgIpc) is 2.25. The summed E-state index contributed by atoms with van der Waals surface area (Å²) in [6.07, 6.45) is 6.58. The van der Waals surface area contributed by atoms with E-state index in [4.69, 9.17) is 4.74 Å². The van der Waals surface area contributed by atoms with Crippen LogP contribution in [0.2, 0.25) is 0 Å². The van der Waals surface area contributed by atoms with Gasteiger partial charge in [-0.25, -0.2) is 4.99 Å². The van der Waals surface area contributed by atoms with E-state index in [0.717, 1.165) is 24.7 Å². The normalized spacial score (nSPS) is 31.2. The van der Waals surface area contributed by atoms with Crippen molar-refractivity contribution in [3.63, 3.8) is 0 Å². The fraction of sp³-hybridized carbons (Fsp3) is 0.929. The summed E-state index contributed by atoms with van der Waals surface area (Å²) in [7, 11) is -6.00. The van der Waals surface area contributed by atoms with E-state index in [1.165, 1.54) is 19.3 Å². The Hall–Kier alpha value is -0.745. The Labute approximate surface area is 124 Å². The van der Waals surface area contributed by atoms with Crippen LogP contribution in [0.5, 0.6) is 0 Å². The summed E-state index contributed by atoms with van der Waals surface area (Å²) in [6.45, 7) is 9.23. The van der Waals surface area contributed by atoms with E-state index in [1.807, 2.05) is 0 Å². The van der Waals surface area contributed by atoms with Gasteiger partial charge in [-0.15, -0.1) is 0 Å². The molecule has 1 saturated carbocycles. The van der Waals surface area contributed by atoms with Crippen LogP contribution >= 0.6 is 0 Å². The maximum Gasteiger partial charge on any atom is 0.673 e. The van der Waals surface area contributed by atoms with Crippen molar-refractivity contribution in [1.29, 1.82) is 0 Å². The topological polar surface area (TPSA) is 23.2 Å². The third-order valence-corrected chi connectivity index (χ3v) is 4.21. The molecule has 0 aromatic rings. The van der Waals surface area contributed by atoms with Gasteiger partial charge in [0.2, 0.25) is 0 Å². The highest BCUT2D eigenvalue weighted by atomic mass is 19.5. The van der Waals surface area contributed by atoms with Crippen LogP contribution in [0.25, 0.3) is 0 Å². The molecule has 0 amide bonds. The molecule has 7 heteroatoms. The second-order valence-corrected chi connectivity index (χ2v) is 6.70. The molecule has 1 aliphatic heterocycles. The van der Waals surface area contributed by atoms with Crippen LogP contribution in [0.4, 0.5) is 17.3 Å². The zero-order chi connectivity index (χ0) is 16.3. The number of hydrogen-bond acceptors (Lipinski definition) is 1. The van der Waals surface area contributed by atoms with Gasteiger partial charge in [-0.2, -0.15) is 0 Å². The molecule has 0 spiro atoms. The van der Waals surface area contributed by atoms with Gasteiger partial charge in [0.15, 0.2) is 5.54 Å². The van der Waals surface area contributed by atoms with Crippen molar-refractivity contribution in [2.75, 3.05) is 0 Å². The monoisotopic (exact) mass is 311 g/mol. The fourth-order valence-corrected chi connectivity index (χ4v) is 3.30. The molecule has 1 heterocycles. The van der Waals surface area contributed by atoms with Crippen LogP contribution in [0.1, 0.15) is 59.8 Å². The molecule has 0 bridgehead atoms. The Morgan fingerprint density at radius 3 is 2.33 bits per heavy atom. The Morgan fingerprint density at radius 1 is 1.24 bits per heavy atom. The Balaban J connectivity index is 0.000000383. The predicted octanol–water partition coefficient (Wildman–Crippen LogP) is 3.18. The first-order chi connectivity index (χ1) is 9.53. The minimum Gasteiger partial charge on any atom is -0.444 e. The van der Waals surface area contributed by atoms with Crippen LogP contribution in [-0.4, -0.2) is 24.8 Å². The molecule has 2 rings (SSSR count). The lowest BCUT2D eigenvalue weighted by molar-refractivity contribution is -0.582. The zero-order valence-electron chi connectivity index (χ0n) is 13.3. The summed E-state index contributed by atoms with van der Waals surface area (Å²) in [5, 5.41) is 0. The minimum absolute atomic E-state index is 0.216. The summed E-state index contributed by atoms with van der Waals surface area (Å²) < 4.78 is 45.1. The highest BCUT2D eigenvalue weighted by molar-refractivity contribution is 6.50. The molecule has 1 N–H and O–H groups in total. The lowest BCUT2D eigenvalue weighted by Crippen LogP contribution is -2.91. The Morgan fingerprint density at radius 2 is 1.81 bits per heavy atom. The summed E-state index contributed by atoms with van der Waals surface area (Å²) in [6, 6.07) is 0. The molecule has 0 saturated heterocycles. The van der Waals surface area contributed by atoms with Gasteiger partial charge in [-0.3, -0.25) is 0 Å². The number of ether oxygens (including phenoxy) is 1. The van der Waals surface area contributed by atoms with E-state index in [2.05, 4.69) is 32.7 Å². The van der Waals surface area contributed by atoms with E-state index < -0.39 is 7.25 Å². The molecule has 0 unspecified atom stereocenters. The second kappa shape index (κ2) is 7.01. The van der Waals surface area contributed by atoms with E-state index >= 15 is 0 Å². The molecule has 124 valence electrons. The molecule has 0 radical (unpaired) electrons. The van der Waals surface area contributed by atoms with Crippen molar-refractivity contribution < 1.29 is 27.0 Å². The van der Waals surface area contributed by atoms with E-state index in [9.17, 15) is 17.3 Å². The number of halogens is 4. The van der Waals surface area contributed by atoms with Crippen molar-refractivity contribution in [3.8, 4) is 0 Å². The third-order valence-electron chi connectivity index (χ3n) is 4.21. The number of hydrogen-bond donors (Lipinski definition) is 1. The largest absolute Gasteiger partial charge is 0.673 e. The van der Waals surface area contributed by atoms with Gasteiger partial charge in [-0.05, 0) is 31.6 Å². The Bertz CT molecular complexity index is 364. The summed E-state index contributed by atoms with van der Waals surface area (Å²) in [5.41, 5.74) is 0.216. The van der Waals surface area contributed by atoms with Crippen molar-refractivity contribution >= 4 is 13.2 Å². The van der Waals surface area contributed by atoms with Gasteiger partial charge in [0.05, 0.1) is 12.3 Å². The van der Waals surface area contributed by atoms with Crippen LogP contribution in [-0.2, 0) is 4.74 Å². The van der Waals surface area contributed by atoms with E-state index in [1.54, 1.807) is 0 Å². The SMILES string of the molecule is CCCC1=[NH+]C(C)(C)[C@@H]2CC[C@@H](C)C[C@H]2O1.F[B-](F)(F)F. The first-order valence-corrected chi connectivity index (χ1v) is 7.71. The van der Waals surface area contributed by atoms with Crippen LogP contribution in [0, 0.1) is 11.8 Å². The minimum atomic E-state index is -6.00. The van der Waals surface area contributed by atoms with Gasteiger partial charge in [-0.1, -0.05) is 13.8 Å². The molecule has 3 atom stereocenters. The van der Waals surface area contributed by atoms with Gasteiger partial charge >= 0.3 is 13.2 Å². The highest BCUT2D eigenvalue weighted by Crippen LogP contribution is 2.37. The molecule has 0 aromatic heterocycles. The lowest BCUT2D eigenvalue weighted by Gasteiger charge is -2.41. The predicted molar refractivity (Wildman–Crippen MR) is 76.5 cm³/mol. The van der Waals surface area contributed by atoms with Gasteiger partial charge in [0.25, 0.3) is 0 Å². The van der Waals surface area contributed by atoms with Gasteiger partial charge in [0.1, 0.15) is 6.10 Å². The smallest absolute Gasteiger partial charge is 0.444 e. The molecular formula is C14H26BF4NO. The van der Waals surface area contributed by atoms with Crippen molar-refractivity contribution in [2.45, 2.75) is 71.4 Å². The van der Waals surface area contributed by atoms with Crippen molar-refractivity contribution in [3.05, 3.63) is 0 Å². The van der Waals surface area contributed by atoms with Gasteiger partial charge < -0.3 is 22.0 Å². The number of fused-ring (bicyclic) bond motifs is 1. The maximum atomic E-state index is 9.75. The number of rotatable bonds is 2. The zero-order valence-corrected chi connectivity index (χ0v) is 13.3. The molecule has 1 aliphatic carbocycles. The summed E-state index contributed by atoms with van der Waals surface area (Å²) in [5.74, 6) is 2.64. The Kier molecular flexibility index (Phi) is 6.11. The van der Waals surface area contributed by atoms with Gasteiger partial charge in [0, 0.05) is 13.8 Å².